The molecule has 1 aliphatic rings. The maximum atomic E-state index is 12.4. The van der Waals surface area contributed by atoms with Gasteiger partial charge in [0.25, 0.3) is 0 Å². The Morgan fingerprint density at radius 1 is 1.17 bits per heavy atom. The van der Waals surface area contributed by atoms with Crippen molar-refractivity contribution in [3.05, 3.63) is 40.2 Å². The van der Waals surface area contributed by atoms with Gasteiger partial charge in [-0.1, -0.05) is 13.3 Å². The summed E-state index contributed by atoms with van der Waals surface area (Å²) in [5.74, 6) is 0. The number of hydrogen-bond donors (Lipinski definition) is 2. The number of rotatable bonds is 4. The van der Waals surface area contributed by atoms with E-state index < -0.39 is 10.2 Å². The predicted molar refractivity (Wildman–Crippen MR) is 91.9 cm³/mol. The maximum Gasteiger partial charge on any atom is 0.301 e. The van der Waals surface area contributed by atoms with Crippen molar-refractivity contribution in [2.45, 2.75) is 32.6 Å². The molecule has 1 aromatic carbocycles. The highest BCUT2D eigenvalue weighted by molar-refractivity contribution is 7.90. The molecule has 7 heteroatoms. The largest absolute Gasteiger partial charge is 0.358 e. The quantitative estimate of drug-likeness (QED) is 0.899. The second kappa shape index (κ2) is 6.33. The van der Waals surface area contributed by atoms with Crippen LogP contribution in [0, 0.1) is 0 Å². The number of H-pyrrole nitrogens is 1. The first-order valence-electron chi connectivity index (χ1n) is 7.93. The Hall–Kier alpha value is -1.86. The minimum Gasteiger partial charge on any atom is -0.358 e. The number of aromatic nitrogens is 1. The molecule has 6 nitrogen and oxygen atoms in total. The van der Waals surface area contributed by atoms with E-state index in [1.54, 1.807) is 24.3 Å². The molecule has 1 aromatic heterocycles. The number of hydrogen-bond acceptors (Lipinski definition) is 3. The Labute approximate surface area is 135 Å². The molecule has 0 unspecified atom stereocenters. The summed E-state index contributed by atoms with van der Waals surface area (Å²) < 4.78 is 28.9. The molecule has 0 atom stereocenters. The number of nitrogens with zero attached hydrogens (tertiary/aromatic N) is 1. The van der Waals surface area contributed by atoms with Crippen LogP contribution < -0.4 is 10.2 Å². The number of anilines is 1. The summed E-state index contributed by atoms with van der Waals surface area (Å²) >= 11 is 0. The number of pyridine rings is 1. The molecule has 23 heavy (non-hydrogen) atoms. The van der Waals surface area contributed by atoms with Crippen LogP contribution in [0.25, 0.3) is 10.9 Å². The van der Waals surface area contributed by atoms with E-state index in [9.17, 15) is 13.2 Å². The van der Waals surface area contributed by atoms with Gasteiger partial charge in [0, 0.05) is 35.8 Å². The second-order valence-electron chi connectivity index (χ2n) is 5.84. The van der Waals surface area contributed by atoms with Crippen molar-refractivity contribution >= 4 is 26.8 Å². The van der Waals surface area contributed by atoms with E-state index in [0.717, 1.165) is 36.9 Å². The topological polar surface area (TPSA) is 82.3 Å². The van der Waals surface area contributed by atoms with Gasteiger partial charge in [-0.15, -0.1) is 0 Å². The summed E-state index contributed by atoms with van der Waals surface area (Å²) in [4.78, 5) is 15.4. The average Bonchev–Trinajstić information content (AvgIpc) is 2.55. The van der Waals surface area contributed by atoms with Crippen molar-refractivity contribution in [3.8, 4) is 0 Å². The molecule has 2 N–H and O–H groups in total. The van der Waals surface area contributed by atoms with Crippen LogP contribution in [0.1, 0.15) is 31.9 Å². The van der Waals surface area contributed by atoms with Gasteiger partial charge in [-0.2, -0.15) is 12.7 Å². The van der Waals surface area contributed by atoms with Gasteiger partial charge in [0.15, 0.2) is 5.43 Å². The Balaban J connectivity index is 1.91. The number of fused-ring (bicyclic) bond motifs is 1. The van der Waals surface area contributed by atoms with E-state index >= 15 is 0 Å². The molecule has 1 saturated heterocycles. The molecule has 0 radical (unpaired) electrons. The molecular formula is C16H21N3O3S. The highest BCUT2D eigenvalue weighted by Crippen LogP contribution is 2.19. The Morgan fingerprint density at radius 3 is 2.61 bits per heavy atom. The molecule has 2 heterocycles. The van der Waals surface area contributed by atoms with Gasteiger partial charge in [0.2, 0.25) is 0 Å². The first-order valence-corrected chi connectivity index (χ1v) is 9.37. The van der Waals surface area contributed by atoms with Crippen molar-refractivity contribution in [3.63, 3.8) is 0 Å². The van der Waals surface area contributed by atoms with Gasteiger partial charge in [-0.3, -0.25) is 9.52 Å². The fourth-order valence-electron chi connectivity index (χ4n) is 2.87. The summed E-state index contributed by atoms with van der Waals surface area (Å²) in [5, 5.41) is 0.487. The third-order valence-corrected chi connectivity index (χ3v) is 5.71. The fraction of sp³-hybridized carbons (Fsp3) is 0.438. The molecule has 0 bridgehead atoms. The molecular weight excluding hydrogens is 314 g/mol. The van der Waals surface area contributed by atoms with Gasteiger partial charge in [0.05, 0.1) is 5.69 Å². The van der Waals surface area contributed by atoms with E-state index in [2.05, 4.69) is 9.71 Å². The summed E-state index contributed by atoms with van der Waals surface area (Å²) in [6.07, 6.45) is 3.59. The first kappa shape index (κ1) is 16.0. The Bertz CT molecular complexity index is 868. The number of piperidine rings is 1. The standard InChI is InChI=1S/C16H21N3O3S/c1-2-12-11-16(20)14-10-13(6-7-15(14)17-12)18-23(21,22)19-8-4-3-5-9-19/h6-7,10-11,18H,2-5,8-9H2,1H3,(H,17,20). The molecule has 0 aliphatic carbocycles. The lowest BCUT2D eigenvalue weighted by Gasteiger charge is -2.26. The molecule has 0 spiro atoms. The van der Waals surface area contributed by atoms with Crippen LogP contribution >= 0.6 is 0 Å². The van der Waals surface area contributed by atoms with E-state index in [4.69, 9.17) is 0 Å². The Morgan fingerprint density at radius 2 is 1.91 bits per heavy atom. The van der Waals surface area contributed by atoms with E-state index in [1.165, 1.54) is 4.31 Å². The van der Waals surface area contributed by atoms with Crippen LogP contribution in [0.4, 0.5) is 5.69 Å². The predicted octanol–water partition coefficient (Wildman–Crippen LogP) is 2.23. The number of nitrogens with one attached hydrogen (secondary N) is 2. The lowest BCUT2D eigenvalue weighted by molar-refractivity contribution is 0.349. The van der Waals surface area contributed by atoms with Crippen LogP contribution in [0.2, 0.25) is 0 Å². The van der Waals surface area contributed by atoms with Crippen LogP contribution in [0.3, 0.4) is 0 Å². The zero-order valence-electron chi connectivity index (χ0n) is 13.1. The monoisotopic (exact) mass is 335 g/mol. The van der Waals surface area contributed by atoms with E-state index in [0.29, 0.717) is 24.2 Å². The number of aromatic amines is 1. The lowest BCUT2D eigenvalue weighted by Crippen LogP contribution is -2.39. The van der Waals surface area contributed by atoms with Crippen LogP contribution in [0.15, 0.2) is 29.1 Å². The van der Waals surface area contributed by atoms with Crippen molar-refractivity contribution in [1.82, 2.24) is 9.29 Å². The average molecular weight is 335 g/mol. The molecule has 0 saturated carbocycles. The summed E-state index contributed by atoms with van der Waals surface area (Å²) in [7, 11) is -3.56. The highest BCUT2D eigenvalue weighted by atomic mass is 32.2. The molecule has 3 rings (SSSR count). The van der Waals surface area contributed by atoms with Crippen LogP contribution in [0.5, 0.6) is 0 Å². The molecule has 124 valence electrons. The van der Waals surface area contributed by atoms with E-state index in [1.807, 2.05) is 6.92 Å². The Kier molecular flexibility index (Phi) is 4.41. The number of aryl methyl sites for hydroxylation is 1. The van der Waals surface area contributed by atoms with Gasteiger partial charge in [-0.05, 0) is 37.5 Å². The molecule has 2 aromatic rings. The van der Waals surface area contributed by atoms with Gasteiger partial charge in [0.1, 0.15) is 0 Å². The van der Waals surface area contributed by atoms with Gasteiger partial charge >= 0.3 is 10.2 Å². The first-order chi connectivity index (χ1) is 11.0. The van der Waals surface area contributed by atoms with Crippen molar-refractivity contribution in [1.29, 1.82) is 0 Å². The highest BCUT2D eigenvalue weighted by Gasteiger charge is 2.23. The van der Waals surface area contributed by atoms with Crippen molar-refractivity contribution in [2.75, 3.05) is 17.8 Å². The smallest absolute Gasteiger partial charge is 0.301 e. The fourth-order valence-corrected chi connectivity index (χ4v) is 4.17. The normalized spacial score (nSPS) is 16.6. The van der Waals surface area contributed by atoms with E-state index in [-0.39, 0.29) is 5.43 Å². The van der Waals surface area contributed by atoms with Gasteiger partial charge in [-0.25, -0.2) is 0 Å². The number of benzene rings is 1. The van der Waals surface area contributed by atoms with Crippen LogP contribution in [-0.2, 0) is 16.6 Å². The van der Waals surface area contributed by atoms with Crippen molar-refractivity contribution < 1.29 is 8.42 Å². The minimum absolute atomic E-state index is 0.102. The summed E-state index contributed by atoms with van der Waals surface area (Å²) in [6.45, 7) is 3.06. The molecule has 1 fully saturated rings. The van der Waals surface area contributed by atoms with Crippen molar-refractivity contribution in [2.24, 2.45) is 0 Å². The SMILES string of the molecule is CCc1cc(=O)c2cc(NS(=O)(=O)N3CCCCC3)ccc2[nH]1. The minimum atomic E-state index is -3.56. The second-order valence-corrected chi connectivity index (χ2v) is 7.51. The zero-order chi connectivity index (χ0) is 16.4. The molecule has 0 amide bonds. The lowest BCUT2D eigenvalue weighted by atomic mass is 10.1. The zero-order valence-corrected chi connectivity index (χ0v) is 13.9. The third-order valence-electron chi connectivity index (χ3n) is 4.17. The van der Waals surface area contributed by atoms with Crippen LogP contribution in [-0.4, -0.2) is 30.8 Å². The maximum absolute atomic E-state index is 12.4. The van der Waals surface area contributed by atoms with Gasteiger partial charge < -0.3 is 4.98 Å². The third kappa shape index (κ3) is 3.40. The summed E-state index contributed by atoms with van der Waals surface area (Å²) in [6, 6.07) is 6.57. The molecule has 1 aliphatic heterocycles. The summed E-state index contributed by atoms with van der Waals surface area (Å²) in [5.41, 5.74) is 1.90.